The van der Waals surface area contributed by atoms with E-state index < -0.39 is 5.82 Å². The van der Waals surface area contributed by atoms with Crippen LogP contribution in [0.3, 0.4) is 0 Å². The summed E-state index contributed by atoms with van der Waals surface area (Å²) < 4.78 is 19.9. The number of rotatable bonds is 3. The van der Waals surface area contributed by atoms with Crippen LogP contribution in [-0.4, -0.2) is 42.5 Å². The van der Waals surface area contributed by atoms with Crippen LogP contribution >= 0.6 is 28.1 Å². The second-order valence-electron chi connectivity index (χ2n) is 4.23. The number of nitrogens with two attached hydrogens (primary N) is 1. The lowest BCUT2D eigenvalue weighted by Gasteiger charge is -2.36. The maximum atomic E-state index is 14.4. The highest BCUT2D eigenvalue weighted by Gasteiger charge is 2.26. The van der Waals surface area contributed by atoms with Crippen LogP contribution in [0.2, 0.25) is 0 Å². The minimum atomic E-state index is -0.425. The fourth-order valence-electron chi connectivity index (χ4n) is 2.07. The maximum absolute atomic E-state index is 14.4. The molecule has 1 fully saturated rings. The van der Waals surface area contributed by atoms with Crippen LogP contribution in [0, 0.1) is 5.82 Å². The van der Waals surface area contributed by atoms with Gasteiger partial charge in [0.25, 0.3) is 0 Å². The Balaban J connectivity index is 2.39. The van der Waals surface area contributed by atoms with E-state index in [1.54, 1.807) is 17.0 Å². The fraction of sp³-hybridized carbons (Fsp3) is 0.417. The molecular formula is C12H14BrFN2O2S. The molecule has 0 aliphatic carbocycles. The van der Waals surface area contributed by atoms with Gasteiger partial charge in [-0.3, -0.25) is 0 Å². The average molecular weight is 349 g/mol. The number of aliphatic hydroxyl groups excluding tert-OH is 1. The monoisotopic (exact) mass is 348 g/mol. The first-order valence-corrected chi connectivity index (χ1v) is 6.99. The van der Waals surface area contributed by atoms with Gasteiger partial charge in [0.05, 0.1) is 36.0 Å². The van der Waals surface area contributed by atoms with Crippen molar-refractivity contribution in [2.24, 2.45) is 5.73 Å². The van der Waals surface area contributed by atoms with Crippen molar-refractivity contribution in [1.82, 2.24) is 0 Å². The zero-order chi connectivity index (χ0) is 14.0. The van der Waals surface area contributed by atoms with Crippen LogP contribution in [0.5, 0.6) is 0 Å². The van der Waals surface area contributed by atoms with E-state index in [4.69, 9.17) is 22.7 Å². The lowest BCUT2D eigenvalue weighted by Crippen LogP contribution is -2.48. The number of halogens is 2. The third-order valence-corrected chi connectivity index (χ3v) is 4.07. The number of aliphatic hydroxyl groups is 1. The van der Waals surface area contributed by atoms with E-state index in [1.807, 2.05) is 0 Å². The molecule has 1 heterocycles. The molecule has 0 radical (unpaired) electrons. The summed E-state index contributed by atoms with van der Waals surface area (Å²) in [5.41, 5.74) is 6.40. The molecule has 1 saturated heterocycles. The lowest BCUT2D eigenvalue weighted by atomic mass is 10.1. The summed E-state index contributed by atoms with van der Waals surface area (Å²) in [5, 5.41) is 9.33. The van der Waals surface area contributed by atoms with Crippen molar-refractivity contribution in [3.8, 4) is 0 Å². The van der Waals surface area contributed by atoms with Gasteiger partial charge in [-0.25, -0.2) is 4.39 Å². The van der Waals surface area contributed by atoms with Crippen molar-refractivity contribution in [2.75, 3.05) is 31.3 Å². The molecule has 104 valence electrons. The van der Waals surface area contributed by atoms with Gasteiger partial charge in [0, 0.05) is 12.1 Å². The van der Waals surface area contributed by atoms with Gasteiger partial charge in [0.1, 0.15) is 4.99 Å². The minimum Gasteiger partial charge on any atom is -0.394 e. The van der Waals surface area contributed by atoms with Gasteiger partial charge in [0.15, 0.2) is 5.82 Å². The van der Waals surface area contributed by atoms with Crippen molar-refractivity contribution < 1.29 is 14.2 Å². The number of hydrogen-bond acceptors (Lipinski definition) is 4. The fourth-order valence-corrected chi connectivity index (χ4v) is 2.92. The molecule has 4 nitrogen and oxygen atoms in total. The second-order valence-corrected chi connectivity index (χ2v) is 5.46. The van der Waals surface area contributed by atoms with Crippen molar-refractivity contribution >= 4 is 38.8 Å². The third kappa shape index (κ3) is 2.89. The highest BCUT2D eigenvalue weighted by Crippen LogP contribution is 2.31. The van der Waals surface area contributed by atoms with E-state index in [0.717, 1.165) is 0 Å². The molecule has 0 amide bonds. The predicted molar refractivity (Wildman–Crippen MR) is 79.0 cm³/mol. The van der Waals surface area contributed by atoms with E-state index >= 15 is 0 Å². The Hall–Kier alpha value is -0.760. The van der Waals surface area contributed by atoms with E-state index in [-0.39, 0.29) is 22.1 Å². The van der Waals surface area contributed by atoms with E-state index in [0.29, 0.717) is 31.0 Å². The molecule has 1 aliphatic rings. The largest absolute Gasteiger partial charge is 0.394 e. The Labute approximate surface area is 124 Å². The van der Waals surface area contributed by atoms with Gasteiger partial charge in [-0.1, -0.05) is 12.2 Å². The SMILES string of the molecule is NC(=S)c1ccc(N2CCOCC2CO)c(F)c1Br. The lowest BCUT2D eigenvalue weighted by molar-refractivity contribution is 0.0723. The summed E-state index contributed by atoms with van der Waals surface area (Å²) in [5.74, 6) is -0.425. The zero-order valence-corrected chi connectivity index (χ0v) is 12.5. The quantitative estimate of drug-likeness (QED) is 0.809. The molecule has 0 aromatic heterocycles. The van der Waals surface area contributed by atoms with E-state index in [1.165, 1.54) is 0 Å². The van der Waals surface area contributed by atoms with E-state index in [9.17, 15) is 9.50 Å². The Kier molecular flexibility index (Phi) is 4.72. The standard InChI is InChI=1S/C12H14BrFN2O2S/c13-10-8(12(15)19)1-2-9(11(10)14)16-3-4-18-6-7(16)5-17/h1-2,7,17H,3-6H2,(H2,15,19). The zero-order valence-electron chi connectivity index (χ0n) is 10.1. The first-order chi connectivity index (χ1) is 9.06. The Morgan fingerprint density at radius 3 is 3.00 bits per heavy atom. The highest BCUT2D eigenvalue weighted by atomic mass is 79.9. The van der Waals surface area contributed by atoms with Gasteiger partial charge < -0.3 is 20.5 Å². The van der Waals surface area contributed by atoms with Gasteiger partial charge in [-0.2, -0.15) is 0 Å². The Morgan fingerprint density at radius 2 is 2.37 bits per heavy atom. The Bertz CT molecular complexity index is 501. The van der Waals surface area contributed by atoms with Crippen LogP contribution < -0.4 is 10.6 Å². The predicted octanol–water partition coefficient (Wildman–Crippen LogP) is 1.42. The number of anilines is 1. The van der Waals surface area contributed by atoms with Crippen molar-refractivity contribution in [3.63, 3.8) is 0 Å². The third-order valence-electron chi connectivity index (χ3n) is 3.08. The molecule has 0 spiro atoms. The minimum absolute atomic E-state index is 0.0892. The molecule has 0 saturated carbocycles. The highest BCUT2D eigenvalue weighted by molar-refractivity contribution is 9.10. The molecule has 2 rings (SSSR count). The summed E-state index contributed by atoms with van der Waals surface area (Å²) in [4.78, 5) is 1.94. The number of thiocarbonyl (C=S) groups is 1. The topological polar surface area (TPSA) is 58.7 Å². The number of nitrogens with zero attached hydrogens (tertiary/aromatic N) is 1. The normalized spacial score (nSPS) is 19.5. The van der Waals surface area contributed by atoms with Gasteiger partial charge in [-0.05, 0) is 28.1 Å². The smallest absolute Gasteiger partial charge is 0.161 e. The summed E-state index contributed by atoms with van der Waals surface area (Å²) in [6, 6.07) is 3.06. The van der Waals surface area contributed by atoms with Crippen molar-refractivity contribution in [1.29, 1.82) is 0 Å². The van der Waals surface area contributed by atoms with Crippen molar-refractivity contribution in [3.05, 3.63) is 28.0 Å². The molecule has 1 unspecified atom stereocenters. The first-order valence-electron chi connectivity index (χ1n) is 5.79. The molecule has 1 aromatic rings. The maximum Gasteiger partial charge on any atom is 0.161 e. The van der Waals surface area contributed by atoms with Crippen LogP contribution in [0.15, 0.2) is 16.6 Å². The second kappa shape index (κ2) is 6.13. The van der Waals surface area contributed by atoms with Gasteiger partial charge in [-0.15, -0.1) is 0 Å². The van der Waals surface area contributed by atoms with Crippen LogP contribution in [-0.2, 0) is 4.74 Å². The average Bonchev–Trinajstić information content (AvgIpc) is 2.41. The van der Waals surface area contributed by atoms with Gasteiger partial charge in [0.2, 0.25) is 0 Å². The Morgan fingerprint density at radius 1 is 1.63 bits per heavy atom. The van der Waals surface area contributed by atoms with Crippen LogP contribution in [0.25, 0.3) is 0 Å². The first kappa shape index (κ1) is 14.6. The van der Waals surface area contributed by atoms with Crippen LogP contribution in [0.1, 0.15) is 5.56 Å². The van der Waals surface area contributed by atoms with Gasteiger partial charge >= 0.3 is 0 Å². The summed E-state index contributed by atoms with van der Waals surface area (Å²) >= 11 is 8.04. The van der Waals surface area contributed by atoms with Crippen LogP contribution in [0.4, 0.5) is 10.1 Å². The van der Waals surface area contributed by atoms with E-state index in [2.05, 4.69) is 15.9 Å². The molecular weight excluding hydrogens is 335 g/mol. The molecule has 19 heavy (non-hydrogen) atoms. The summed E-state index contributed by atoms with van der Waals surface area (Å²) in [6.45, 7) is 1.32. The number of ether oxygens (including phenoxy) is 1. The number of hydrogen-bond donors (Lipinski definition) is 2. The number of benzene rings is 1. The number of morpholine rings is 1. The molecule has 1 aliphatic heterocycles. The molecule has 3 N–H and O–H groups in total. The molecule has 7 heteroatoms. The summed E-state index contributed by atoms with van der Waals surface area (Å²) in [6.07, 6.45) is 0. The molecule has 0 bridgehead atoms. The molecule has 1 atom stereocenters. The van der Waals surface area contributed by atoms with Crippen molar-refractivity contribution in [2.45, 2.75) is 6.04 Å². The molecule has 1 aromatic carbocycles. The summed E-state index contributed by atoms with van der Waals surface area (Å²) in [7, 11) is 0.